The van der Waals surface area contributed by atoms with Gasteiger partial charge in [0.15, 0.2) is 0 Å². The zero-order chi connectivity index (χ0) is 13.6. The minimum absolute atomic E-state index is 0.383. The van der Waals surface area contributed by atoms with Gasteiger partial charge in [-0.15, -0.1) is 0 Å². The molecular weight excluding hydrogens is 240 g/mol. The van der Waals surface area contributed by atoms with Gasteiger partial charge in [-0.3, -0.25) is 0 Å². The standard InChI is InChI=1S/C15H32N2S/c1-6-8-16-12-14(2,3)13-17-9-7-15(4,5)18-11-10-17/h16H,6-13H2,1-5H3. The molecule has 108 valence electrons. The quantitative estimate of drug-likeness (QED) is 0.747. The summed E-state index contributed by atoms with van der Waals surface area (Å²) in [4.78, 5) is 2.66. The van der Waals surface area contributed by atoms with Gasteiger partial charge in [0.25, 0.3) is 0 Å². The van der Waals surface area contributed by atoms with Crippen LogP contribution in [0.25, 0.3) is 0 Å². The third kappa shape index (κ3) is 6.44. The van der Waals surface area contributed by atoms with Crippen LogP contribution in [0.3, 0.4) is 0 Å². The van der Waals surface area contributed by atoms with E-state index in [1.165, 1.54) is 38.2 Å². The van der Waals surface area contributed by atoms with E-state index in [0.29, 0.717) is 10.2 Å². The Hall–Kier alpha value is 0.270. The van der Waals surface area contributed by atoms with Gasteiger partial charge in [0.1, 0.15) is 0 Å². The van der Waals surface area contributed by atoms with E-state index >= 15 is 0 Å². The predicted octanol–water partition coefficient (Wildman–Crippen LogP) is 3.23. The molecule has 1 saturated heterocycles. The summed E-state index contributed by atoms with van der Waals surface area (Å²) in [7, 11) is 0. The van der Waals surface area contributed by atoms with Gasteiger partial charge in [-0.1, -0.05) is 34.6 Å². The second-order valence-corrected chi connectivity index (χ2v) is 8.78. The molecule has 1 aliphatic heterocycles. The molecule has 1 aliphatic rings. The topological polar surface area (TPSA) is 15.3 Å². The van der Waals surface area contributed by atoms with Crippen molar-refractivity contribution >= 4 is 11.8 Å². The number of nitrogens with zero attached hydrogens (tertiary/aromatic N) is 1. The molecule has 0 spiro atoms. The summed E-state index contributed by atoms with van der Waals surface area (Å²) in [6, 6.07) is 0. The summed E-state index contributed by atoms with van der Waals surface area (Å²) in [5.41, 5.74) is 0.383. The molecule has 0 aliphatic carbocycles. The average molecular weight is 273 g/mol. The van der Waals surface area contributed by atoms with Crippen molar-refractivity contribution in [3.8, 4) is 0 Å². The number of hydrogen-bond acceptors (Lipinski definition) is 3. The Kier molecular flexibility index (Phi) is 6.49. The molecule has 0 radical (unpaired) electrons. The number of nitrogens with one attached hydrogen (secondary N) is 1. The van der Waals surface area contributed by atoms with Crippen LogP contribution < -0.4 is 5.32 Å². The van der Waals surface area contributed by atoms with Crippen molar-refractivity contribution in [1.29, 1.82) is 0 Å². The van der Waals surface area contributed by atoms with Crippen molar-refractivity contribution in [1.82, 2.24) is 10.2 Å². The van der Waals surface area contributed by atoms with E-state index in [1.54, 1.807) is 0 Å². The van der Waals surface area contributed by atoms with Crippen molar-refractivity contribution < 1.29 is 0 Å². The highest BCUT2D eigenvalue weighted by atomic mass is 32.2. The van der Waals surface area contributed by atoms with E-state index in [2.05, 4.69) is 56.6 Å². The average Bonchev–Trinajstić information content (AvgIpc) is 2.40. The Morgan fingerprint density at radius 3 is 2.67 bits per heavy atom. The van der Waals surface area contributed by atoms with Crippen LogP contribution in [0.1, 0.15) is 47.5 Å². The molecular formula is C15H32N2S. The van der Waals surface area contributed by atoms with Gasteiger partial charge >= 0.3 is 0 Å². The first-order valence-corrected chi connectivity index (χ1v) is 8.40. The third-order valence-corrected chi connectivity index (χ3v) is 4.98. The van der Waals surface area contributed by atoms with Gasteiger partial charge in [-0.25, -0.2) is 0 Å². The molecule has 18 heavy (non-hydrogen) atoms. The van der Waals surface area contributed by atoms with E-state index < -0.39 is 0 Å². The highest BCUT2D eigenvalue weighted by molar-refractivity contribution is 8.00. The van der Waals surface area contributed by atoms with Crippen molar-refractivity contribution in [2.75, 3.05) is 38.5 Å². The summed E-state index contributed by atoms with van der Waals surface area (Å²) < 4.78 is 0.472. The smallest absolute Gasteiger partial charge is 0.0116 e. The van der Waals surface area contributed by atoms with Gasteiger partial charge < -0.3 is 10.2 Å². The monoisotopic (exact) mass is 272 g/mol. The lowest BCUT2D eigenvalue weighted by Gasteiger charge is -2.32. The van der Waals surface area contributed by atoms with Crippen LogP contribution in [0.5, 0.6) is 0 Å². The Morgan fingerprint density at radius 2 is 2.00 bits per heavy atom. The van der Waals surface area contributed by atoms with Gasteiger partial charge in [0.2, 0.25) is 0 Å². The van der Waals surface area contributed by atoms with Crippen LogP contribution in [-0.2, 0) is 0 Å². The molecule has 1 N–H and O–H groups in total. The Morgan fingerprint density at radius 1 is 1.28 bits per heavy atom. The van der Waals surface area contributed by atoms with Crippen LogP contribution in [0, 0.1) is 5.41 Å². The van der Waals surface area contributed by atoms with Crippen molar-refractivity contribution in [3.63, 3.8) is 0 Å². The predicted molar refractivity (Wildman–Crippen MR) is 84.5 cm³/mol. The summed E-state index contributed by atoms with van der Waals surface area (Å²) in [5.74, 6) is 1.28. The van der Waals surface area contributed by atoms with Crippen molar-refractivity contribution in [3.05, 3.63) is 0 Å². The van der Waals surface area contributed by atoms with Gasteiger partial charge in [-0.2, -0.15) is 11.8 Å². The minimum Gasteiger partial charge on any atom is -0.316 e. The van der Waals surface area contributed by atoms with Crippen LogP contribution in [0.2, 0.25) is 0 Å². The lowest BCUT2D eigenvalue weighted by atomic mass is 9.92. The molecule has 1 fully saturated rings. The molecule has 2 nitrogen and oxygen atoms in total. The maximum atomic E-state index is 3.56. The van der Waals surface area contributed by atoms with E-state index in [4.69, 9.17) is 0 Å². The number of thioether (sulfide) groups is 1. The Bertz CT molecular complexity index is 239. The van der Waals surface area contributed by atoms with Crippen molar-refractivity contribution in [2.24, 2.45) is 5.41 Å². The maximum absolute atomic E-state index is 3.56. The van der Waals surface area contributed by atoms with Crippen LogP contribution in [-0.4, -0.2) is 48.1 Å². The summed E-state index contributed by atoms with van der Waals surface area (Å²) in [6.45, 7) is 17.8. The number of rotatable bonds is 6. The van der Waals surface area contributed by atoms with Crippen molar-refractivity contribution in [2.45, 2.75) is 52.2 Å². The van der Waals surface area contributed by atoms with Crippen LogP contribution in [0.4, 0.5) is 0 Å². The first-order chi connectivity index (χ1) is 8.35. The molecule has 1 heterocycles. The van der Waals surface area contributed by atoms with Crippen LogP contribution >= 0.6 is 11.8 Å². The first-order valence-electron chi connectivity index (χ1n) is 7.42. The molecule has 0 unspecified atom stereocenters. The molecule has 0 aromatic heterocycles. The first kappa shape index (κ1) is 16.3. The lowest BCUT2D eigenvalue weighted by molar-refractivity contribution is 0.180. The largest absolute Gasteiger partial charge is 0.316 e. The SMILES string of the molecule is CCCNCC(C)(C)CN1CCSC(C)(C)CC1. The third-order valence-electron chi connectivity index (χ3n) is 3.61. The number of hydrogen-bond donors (Lipinski definition) is 1. The molecule has 3 heteroatoms. The van der Waals surface area contributed by atoms with Crippen LogP contribution in [0.15, 0.2) is 0 Å². The maximum Gasteiger partial charge on any atom is 0.0116 e. The van der Waals surface area contributed by atoms with Gasteiger partial charge in [0, 0.05) is 30.1 Å². The second kappa shape index (κ2) is 7.16. The fourth-order valence-corrected chi connectivity index (χ4v) is 3.62. The highest BCUT2D eigenvalue weighted by Crippen LogP contribution is 2.31. The molecule has 0 amide bonds. The zero-order valence-corrected chi connectivity index (χ0v) is 13.8. The lowest BCUT2D eigenvalue weighted by Crippen LogP contribution is -2.41. The summed E-state index contributed by atoms with van der Waals surface area (Å²) in [6.07, 6.45) is 2.54. The minimum atomic E-state index is 0.383. The molecule has 1 rings (SSSR count). The van der Waals surface area contributed by atoms with E-state index in [-0.39, 0.29) is 0 Å². The zero-order valence-electron chi connectivity index (χ0n) is 13.0. The summed E-state index contributed by atoms with van der Waals surface area (Å²) in [5, 5.41) is 3.56. The molecule has 0 aromatic carbocycles. The Balaban J connectivity index is 2.36. The molecule has 0 bridgehead atoms. The Labute approximate surface area is 118 Å². The molecule has 0 aromatic rings. The normalized spacial score (nSPS) is 21.8. The molecule has 0 saturated carbocycles. The van der Waals surface area contributed by atoms with E-state index in [1.807, 2.05) is 0 Å². The highest BCUT2D eigenvalue weighted by Gasteiger charge is 2.27. The van der Waals surface area contributed by atoms with Gasteiger partial charge in [-0.05, 0) is 31.3 Å². The van der Waals surface area contributed by atoms with E-state index in [0.717, 1.165) is 13.1 Å². The van der Waals surface area contributed by atoms with E-state index in [9.17, 15) is 0 Å². The fraction of sp³-hybridized carbons (Fsp3) is 1.00. The second-order valence-electron chi connectivity index (χ2n) is 6.98. The summed E-state index contributed by atoms with van der Waals surface area (Å²) >= 11 is 2.14. The fourth-order valence-electron chi connectivity index (χ4n) is 2.49. The molecule has 0 atom stereocenters. The van der Waals surface area contributed by atoms with Gasteiger partial charge in [0.05, 0.1) is 0 Å².